The van der Waals surface area contributed by atoms with Gasteiger partial charge in [0.25, 0.3) is 0 Å². The molecule has 1 saturated heterocycles. The summed E-state index contributed by atoms with van der Waals surface area (Å²) in [6.07, 6.45) is 2.03. The third-order valence-electron chi connectivity index (χ3n) is 3.95. The largest absolute Gasteiger partial charge is 0.491 e. The number of piperidine rings is 1. The van der Waals surface area contributed by atoms with E-state index >= 15 is 0 Å². The number of rotatable bonds is 6. The Labute approximate surface area is 121 Å². The molecule has 0 aliphatic carbocycles. The van der Waals surface area contributed by atoms with E-state index in [2.05, 4.69) is 11.8 Å². The molecule has 0 saturated carbocycles. The van der Waals surface area contributed by atoms with Crippen molar-refractivity contribution < 1.29 is 9.84 Å². The number of aliphatic hydroxyl groups is 1. The molecule has 2 rings (SSSR count). The van der Waals surface area contributed by atoms with E-state index in [-0.39, 0.29) is 0 Å². The Morgan fingerprint density at radius 2 is 1.95 bits per heavy atom. The van der Waals surface area contributed by atoms with E-state index in [1.807, 2.05) is 24.3 Å². The Bertz CT molecular complexity index is 386. The van der Waals surface area contributed by atoms with Crippen LogP contribution in [0, 0.1) is 5.92 Å². The van der Waals surface area contributed by atoms with Gasteiger partial charge in [-0.2, -0.15) is 0 Å². The third-order valence-corrected chi connectivity index (χ3v) is 3.95. The molecule has 0 bridgehead atoms. The fourth-order valence-electron chi connectivity index (χ4n) is 2.51. The van der Waals surface area contributed by atoms with Crippen molar-refractivity contribution in [3.05, 3.63) is 29.8 Å². The molecule has 0 radical (unpaired) electrons. The summed E-state index contributed by atoms with van der Waals surface area (Å²) in [5, 5.41) is 10.0. The summed E-state index contributed by atoms with van der Waals surface area (Å²) < 4.78 is 5.61. The van der Waals surface area contributed by atoms with E-state index in [4.69, 9.17) is 10.5 Å². The van der Waals surface area contributed by atoms with Crippen LogP contribution in [0.4, 0.5) is 0 Å². The summed E-state index contributed by atoms with van der Waals surface area (Å²) in [5.41, 5.74) is 6.63. The molecule has 3 N–H and O–H groups in total. The highest BCUT2D eigenvalue weighted by Gasteiger charge is 2.18. The van der Waals surface area contributed by atoms with Gasteiger partial charge in [0.2, 0.25) is 0 Å². The smallest absolute Gasteiger partial charge is 0.119 e. The highest BCUT2D eigenvalue weighted by atomic mass is 16.5. The van der Waals surface area contributed by atoms with Gasteiger partial charge in [-0.3, -0.25) is 0 Å². The van der Waals surface area contributed by atoms with Crippen molar-refractivity contribution in [2.45, 2.75) is 32.4 Å². The molecule has 1 aliphatic heterocycles. The van der Waals surface area contributed by atoms with E-state index in [1.165, 1.54) is 12.8 Å². The molecule has 1 heterocycles. The van der Waals surface area contributed by atoms with Crippen LogP contribution in [0.25, 0.3) is 0 Å². The van der Waals surface area contributed by atoms with E-state index in [0.29, 0.717) is 19.7 Å². The molecule has 1 aromatic carbocycles. The topological polar surface area (TPSA) is 58.7 Å². The molecule has 112 valence electrons. The molecule has 4 nitrogen and oxygen atoms in total. The average Bonchev–Trinajstić information content (AvgIpc) is 2.48. The number of likely N-dealkylation sites (tertiary alicyclic amines) is 1. The standard InChI is InChI=1S/C16H26N2O2/c1-13-6-8-18(9-7-13)11-15(19)12-20-16-4-2-14(10-17)3-5-16/h2-5,13,15,19H,6-12,17H2,1H3. The molecule has 4 heteroatoms. The van der Waals surface area contributed by atoms with E-state index in [1.54, 1.807) is 0 Å². The van der Waals surface area contributed by atoms with Crippen molar-refractivity contribution in [3.8, 4) is 5.75 Å². The van der Waals surface area contributed by atoms with Gasteiger partial charge < -0.3 is 20.5 Å². The summed E-state index contributed by atoms with van der Waals surface area (Å²) in [6.45, 7) is 6.05. The van der Waals surface area contributed by atoms with Gasteiger partial charge in [0.05, 0.1) is 0 Å². The summed E-state index contributed by atoms with van der Waals surface area (Å²) in [7, 11) is 0. The summed E-state index contributed by atoms with van der Waals surface area (Å²) in [5.74, 6) is 1.61. The lowest BCUT2D eigenvalue weighted by Crippen LogP contribution is -2.40. The first-order chi connectivity index (χ1) is 9.67. The van der Waals surface area contributed by atoms with Crippen molar-refractivity contribution in [1.82, 2.24) is 4.90 Å². The fourth-order valence-corrected chi connectivity index (χ4v) is 2.51. The second-order valence-corrected chi connectivity index (χ2v) is 5.80. The second-order valence-electron chi connectivity index (χ2n) is 5.80. The molecule has 1 unspecified atom stereocenters. The molecule has 1 aromatic rings. The lowest BCUT2D eigenvalue weighted by atomic mass is 9.99. The summed E-state index contributed by atoms with van der Waals surface area (Å²) in [6, 6.07) is 7.70. The SMILES string of the molecule is CC1CCN(CC(O)COc2ccc(CN)cc2)CC1. The van der Waals surface area contributed by atoms with E-state index < -0.39 is 6.10 Å². The number of nitrogens with zero attached hydrogens (tertiary/aromatic N) is 1. The minimum atomic E-state index is -0.433. The highest BCUT2D eigenvalue weighted by Crippen LogP contribution is 2.16. The second kappa shape index (κ2) is 7.62. The van der Waals surface area contributed by atoms with Crippen molar-refractivity contribution >= 4 is 0 Å². The molecule has 20 heavy (non-hydrogen) atoms. The Balaban J connectivity index is 1.70. The van der Waals surface area contributed by atoms with Gasteiger partial charge in [-0.25, -0.2) is 0 Å². The number of ether oxygens (including phenoxy) is 1. The zero-order valence-electron chi connectivity index (χ0n) is 12.3. The van der Waals surface area contributed by atoms with Crippen molar-refractivity contribution in [2.75, 3.05) is 26.2 Å². The summed E-state index contributed by atoms with van der Waals surface area (Å²) >= 11 is 0. The van der Waals surface area contributed by atoms with Gasteiger partial charge in [0, 0.05) is 13.1 Å². The first kappa shape index (κ1) is 15.3. The number of hydrogen-bond acceptors (Lipinski definition) is 4. The Morgan fingerprint density at radius 1 is 1.30 bits per heavy atom. The molecule has 1 atom stereocenters. The van der Waals surface area contributed by atoms with Crippen LogP contribution in [0.3, 0.4) is 0 Å². The first-order valence-electron chi connectivity index (χ1n) is 7.49. The minimum Gasteiger partial charge on any atom is -0.491 e. The Morgan fingerprint density at radius 3 is 2.55 bits per heavy atom. The number of hydrogen-bond donors (Lipinski definition) is 2. The zero-order valence-corrected chi connectivity index (χ0v) is 12.3. The quantitative estimate of drug-likeness (QED) is 0.830. The van der Waals surface area contributed by atoms with Crippen molar-refractivity contribution in [1.29, 1.82) is 0 Å². The molecule has 1 aliphatic rings. The van der Waals surface area contributed by atoms with Gasteiger partial charge >= 0.3 is 0 Å². The van der Waals surface area contributed by atoms with Crippen LogP contribution >= 0.6 is 0 Å². The van der Waals surface area contributed by atoms with Gasteiger partial charge in [-0.05, 0) is 49.5 Å². The molecule has 1 fully saturated rings. The van der Waals surface area contributed by atoms with Crippen molar-refractivity contribution in [2.24, 2.45) is 11.7 Å². The van der Waals surface area contributed by atoms with Gasteiger partial charge in [0.1, 0.15) is 18.5 Å². The molecular formula is C16H26N2O2. The molecule has 0 aromatic heterocycles. The van der Waals surface area contributed by atoms with Crippen molar-refractivity contribution in [3.63, 3.8) is 0 Å². The lowest BCUT2D eigenvalue weighted by molar-refractivity contribution is 0.0563. The number of nitrogens with two attached hydrogens (primary N) is 1. The zero-order chi connectivity index (χ0) is 14.4. The Hall–Kier alpha value is -1.10. The van der Waals surface area contributed by atoms with Crippen LogP contribution in [0.1, 0.15) is 25.3 Å². The van der Waals surface area contributed by atoms with Gasteiger partial charge in [-0.15, -0.1) is 0 Å². The minimum absolute atomic E-state index is 0.341. The van der Waals surface area contributed by atoms with Crippen LogP contribution in [-0.2, 0) is 6.54 Å². The molecular weight excluding hydrogens is 252 g/mol. The van der Waals surface area contributed by atoms with Crippen LogP contribution < -0.4 is 10.5 Å². The number of aliphatic hydroxyl groups excluding tert-OH is 1. The first-order valence-corrected chi connectivity index (χ1v) is 7.49. The predicted octanol–water partition coefficient (Wildman–Crippen LogP) is 1.62. The average molecular weight is 278 g/mol. The molecule has 0 spiro atoms. The maximum absolute atomic E-state index is 10.0. The van der Waals surface area contributed by atoms with E-state index in [0.717, 1.165) is 30.3 Å². The van der Waals surface area contributed by atoms with Crippen LogP contribution in [-0.4, -0.2) is 42.4 Å². The number of benzene rings is 1. The van der Waals surface area contributed by atoms with Crippen LogP contribution in [0.5, 0.6) is 5.75 Å². The predicted molar refractivity (Wildman–Crippen MR) is 80.7 cm³/mol. The van der Waals surface area contributed by atoms with E-state index in [9.17, 15) is 5.11 Å². The highest BCUT2D eigenvalue weighted by molar-refractivity contribution is 5.27. The van der Waals surface area contributed by atoms with Gasteiger partial charge in [-0.1, -0.05) is 19.1 Å². The van der Waals surface area contributed by atoms with Crippen LogP contribution in [0.15, 0.2) is 24.3 Å². The fraction of sp³-hybridized carbons (Fsp3) is 0.625. The molecule has 0 amide bonds. The van der Waals surface area contributed by atoms with Gasteiger partial charge in [0.15, 0.2) is 0 Å². The maximum Gasteiger partial charge on any atom is 0.119 e. The van der Waals surface area contributed by atoms with Crippen LogP contribution in [0.2, 0.25) is 0 Å². The summed E-state index contributed by atoms with van der Waals surface area (Å²) in [4.78, 5) is 2.32. The maximum atomic E-state index is 10.0. The normalized spacial score (nSPS) is 18.9. The third kappa shape index (κ3) is 4.78. The number of β-amino-alcohol motifs (C(OH)–C–C–N with tert-alkyl or cyclic N) is 1. The Kier molecular flexibility index (Phi) is 5.83. The monoisotopic (exact) mass is 278 g/mol. The lowest BCUT2D eigenvalue weighted by Gasteiger charge is -2.31.